The first kappa shape index (κ1) is 12.4. The van der Waals surface area contributed by atoms with Gasteiger partial charge in [-0.25, -0.2) is 4.79 Å². The molecule has 0 fully saturated rings. The molecule has 18 heavy (non-hydrogen) atoms. The van der Waals surface area contributed by atoms with E-state index in [-0.39, 0.29) is 5.97 Å². The Kier molecular flexibility index (Phi) is 3.51. The first-order chi connectivity index (χ1) is 8.63. The second-order valence-corrected chi connectivity index (χ2v) is 4.49. The minimum Gasteiger partial charge on any atom is -0.465 e. The van der Waals surface area contributed by atoms with Gasteiger partial charge in [0.15, 0.2) is 0 Å². The lowest BCUT2D eigenvalue weighted by molar-refractivity contribution is -0.135. The van der Waals surface area contributed by atoms with Gasteiger partial charge in [0.2, 0.25) is 0 Å². The van der Waals surface area contributed by atoms with E-state index in [0.29, 0.717) is 17.7 Å². The van der Waals surface area contributed by atoms with Crippen LogP contribution >= 0.6 is 0 Å². The van der Waals surface area contributed by atoms with Crippen molar-refractivity contribution in [1.82, 2.24) is 0 Å². The van der Waals surface area contributed by atoms with Gasteiger partial charge in [-0.15, -0.1) is 0 Å². The van der Waals surface area contributed by atoms with Crippen molar-refractivity contribution in [2.45, 2.75) is 19.8 Å². The van der Waals surface area contributed by atoms with Gasteiger partial charge in [0, 0.05) is 12.1 Å². The fraction of sp³-hybridized carbons (Fsp3) is 0.267. The average Bonchev–Trinajstić information content (AvgIpc) is 2.65. The maximum absolute atomic E-state index is 11.8. The number of nitrogens with two attached hydrogens (primary N) is 1. The van der Waals surface area contributed by atoms with Gasteiger partial charge in [-0.05, 0) is 24.5 Å². The number of methoxy groups -OCH3 is 1. The van der Waals surface area contributed by atoms with Gasteiger partial charge in [-0.1, -0.05) is 35.9 Å². The van der Waals surface area contributed by atoms with E-state index in [9.17, 15) is 4.79 Å². The van der Waals surface area contributed by atoms with E-state index in [0.717, 1.165) is 17.6 Å². The third kappa shape index (κ3) is 2.30. The molecule has 0 saturated carbocycles. The first-order valence-electron chi connectivity index (χ1n) is 5.93. The Morgan fingerprint density at radius 3 is 2.61 bits per heavy atom. The van der Waals surface area contributed by atoms with Crippen molar-refractivity contribution in [1.29, 1.82) is 0 Å². The maximum atomic E-state index is 11.8. The van der Waals surface area contributed by atoms with Gasteiger partial charge in [0.1, 0.15) is 0 Å². The van der Waals surface area contributed by atoms with Crippen LogP contribution in [0.5, 0.6) is 0 Å². The Balaban J connectivity index is 2.31. The Bertz CT molecular complexity index is 527. The fourth-order valence-corrected chi connectivity index (χ4v) is 2.28. The molecule has 1 aliphatic carbocycles. The Labute approximate surface area is 107 Å². The van der Waals surface area contributed by atoms with Crippen LogP contribution in [0.3, 0.4) is 0 Å². The van der Waals surface area contributed by atoms with Crippen molar-refractivity contribution < 1.29 is 9.53 Å². The molecule has 3 heteroatoms. The third-order valence-corrected chi connectivity index (χ3v) is 3.21. The number of benzene rings is 1. The summed E-state index contributed by atoms with van der Waals surface area (Å²) in [6.45, 7) is 2.01. The highest BCUT2D eigenvalue weighted by Gasteiger charge is 2.26. The summed E-state index contributed by atoms with van der Waals surface area (Å²) in [7, 11) is 1.39. The van der Waals surface area contributed by atoms with Crippen molar-refractivity contribution in [3.05, 3.63) is 58.3 Å². The van der Waals surface area contributed by atoms with E-state index >= 15 is 0 Å². The highest BCUT2D eigenvalue weighted by atomic mass is 16.5. The molecule has 0 radical (unpaired) electrons. The van der Waals surface area contributed by atoms with E-state index < -0.39 is 0 Å². The smallest absolute Gasteiger partial charge is 0.339 e. The van der Waals surface area contributed by atoms with Crippen LogP contribution in [-0.2, 0) is 16.0 Å². The molecule has 0 heterocycles. The second-order valence-electron chi connectivity index (χ2n) is 4.49. The normalized spacial score (nSPS) is 15.2. The van der Waals surface area contributed by atoms with Gasteiger partial charge < -0.3 is 10.5 Å². The number of carbonyl (C=O) groups excluding carboxylic acids is 1. The molecule has 0 unspecified atom stereocenters. The zero-order valence-electron chi connectivity index (χ0n) is 10.7. The summed E-state index contributed by atoms with van der Waals surface area (Å²) in [5.41, 5.74) is 10.4. The van der Waals surface area contributed by atoms with E-state index in [1.54, 1.807) is 0 Å². The highest BCUT2D eigenvalue weighted by molar-refractivity contribution is 5.95. The summed E-state index contributed by atoms with van der Waals surface area (Å²) in [4.78, 5) is 11.8. The van der Waals surface area contributed by atoms with Crippen molar-refractivity contribution in [3.8, 4) is 0 Å². The second kappa shape index (κ2) is 5.08. The van der Waals surface area contributed by atoms with Crippen molar-refractivity contribution in [2.24, 2.45) is 5.73 Å². The summed E-state index contributed by atoms with van der Waals surface area (Å²) in [5.74, 6) is -0.338. The molecule has 3 nitrogen and oxygen atoms in total. The number of carbonyl (C=O) groups is 1. The summed E-state index contributed by atoms with van der Waals surface area (Å²) in [6.07, 6.45) is 1.38. The van der Waals surface area contributed by atoms with Gasteiger partial charge in [-0.2, -0.15) is 0 Å². The average molecular weight is 243 g/mol. The number of ether oxygens (including phenoxy) is 1. The Hall–Kier alpha value is -2.03. The van der Waals surface area contributed by atoms with E-state index in [2.05, 4.69) is 0 Å². The quantitative estimate of drug-likeness (QED) is 0.829. The summed E-state index contributed by atoms with van der Waals surface area (Å²) >= 11 is 0. The molecule has 0 amide bonds. The van der Waals surface area contributed by atoms with Crippen LogP contribution in [0.4, 0.5) is 0 Å². The summed E-state index contributed by atoms with van der Waals surface area (Å²) < 4.78 is 4.81. The Morgan fingerprint density at radius 1 is 1.33 bits per heavy atom. The van der Waals surface area contributed by atoms with Gasteiger partial charge in [0.05, 0.1) is 12.7 Å². The first-order valence-corrected chi connectivity index (χ1v) is 5.93. The molecule has 0 spiro atoms. The lowest BCUT2D eigenvalue weighted by Gasteiger charge is -2.09. The molecule has 1 aromatic rings. The van der Waals surface area contributed by atoms with Gasteiger partial charge in [0.25, 0.3) is 0 Å². The van der Waals surface area contributed by atoms with E-state index in [1.165, 1.54) is 12.7 Å². The number of allylic oxidation sites excluding steroid dienone is 1. The molecule has 2 N–H and O–H groups in total. The number of hydrogen-bond acceptors (Lipinski definition) is 3. The Morgan fingerprint density at radius 2 is 2.00 bits per heavy atom. The molecule has 0 aliphatic heterocycles. The molecular weight excluding hydrogens is 226 g/mol. The SMILES string of the molecule is COC(=O)C1=C(N)CC(C)=C1Cc1ccccc1. The van der Waals surface area contributed by atoms with Crippen LogP contribution in [0.1, 0.15) is 18.9 Å². The molecule has 0 saturated heterocycles. The van der Waals surface area contributed by atoms with Crippen LogP contribution in [0.15, 0.2) is 52.7 Å². The topological polar surface area (TPSA) is 52.3 Å². The van der Waals surface area contributed by atoms with Crippen molar-refractivity contribution >= 4 is 5.97 Å². The number of rotatable bonds is 3. The highest BCUT2D eigenvalue weighted by Crippen LogP contribution is 2.32. The third-order valence-electron chi connectivity index (χ3n) is 3.21. The molecule has 1 aliphatic rings. The summed E-state index contributed by atoms with van der Waals surface area (Å²) in [5, 5.41) is 0. The largest absolute Gasteiger partial charge is 0.465 e. The van der Waals surface area contributed by atoms with Gasteiger partial charge in [-0.3, -0.25) is 0 Å². The van der Waals surface area contributed by atoms with Crippen LogP contribution in [0.2, 0.25) is 0 Å². The molecule has 0 atom stereocenters. The maximum Gasteiger partial charge on any atom is 0.339 e. The van der Waals surface area contributed by atoms with E-state index in [4.69, 9.17) is 10.5 Å². The monoisotopic (exact) mass is 243 g/mol. The molecule has 2 rings (SSSR count). The fourth-order valence-electron chi connectivity index (χ4n) is 2.28. The lowest BCUT2D eigenvalue weighted by atomic mass is 9.98. The molecule has 0 bridgehead atoms. The zero-order valence-corrected chi connectivity index (χ0v) is 10.7. The molecule has 0 aromatic heterocycles. The number of esters is 1. The van der Waals surface area contributed by atoms with Crippen LogP contribution in [-0.4, -0.2) is 13.1 Å². The molecule has 1 aromatic carbocycles. The summed E-state index contributed by atoms with van der Waals surface area (Å²) in [6, 6.07) is 10.0. The molecule has 94 valence electrons. The standard InChI is InChI=1S/C15H17NO2/c1-10-8-13(16)14(15(17)18-2)12(10)9-11-6-4-3-5-7-11/h3-7H,8-9,16H2,1-2H3. The van der Waals surface area contributed by atoms with E-state index in [1.807, 2.05) is 37.3 Å². The predicted octanol–water partition coefficient (Wildman–Crippen LogP) is 2.34. The minimum absolute atomic E-state index is 0.338. The van der Waals surface area contributed by atoms with Crippen LogP contribution < -0.4 is 5.73 Å². The predicted molar refractivity (Wildman–Crippen MR) is 70.7 cm³/mol. The minimum atomic E-state index is -0.338. The zero-order chi connectivity index (χ0) is 13.1. The van der Waals surface area contributed by atoms with Gasteiger partial charge >= 0.3 is 5.97 Å². The molecular formula is C15H17NO2. The number of hydrogen-bond donors (Lipinski definition) is 1. The van der Waals surface area contributed by atoms with Crippen LogP contribution in [0.25, 0.3) is 0 Å². The van der Waals surface area contributed by atoms with Crippen molar-refractivity contribution in [2.75, 3.05) is 7.11 Å². The lowest BCUT2D eigenvalue weighted by Crippen LogP contribution is -2.12. The van der Waals surface area contributed by atoms with Crippen LogP contribution in [0, 0.1) is 0 Å². The van der Waals surface area contributed by atoms with Crippen molar-refractivity contribution in [3.63, 3.8) is 0 Å².